The van der Waals surface area contributed by atoms with Crippen molar-refractivity contribution in [2.24, 2.45) is 0 Å². The van der Waals surface area contributed by atoms with Gasteiger partial charge in [-0.05, 0) is 42.3 Å². The van der Waals surface area contributed by atoms with Gasteiger partial charge in [-0.15, -0.1) is 0 Å². The molecule has 0 radical (unpaired) electrons. The number of rotatable bonds is 6. The number of carbonyl (C=O) groups is 1. The summed E-state index contributed by atoms with van der Waals surface area (Å²) in [5.41, 5.74) is 3.30. The number of halogens is 2. The molecule has 2 atom stereocenters. The van der Waals surface area contributed by atoms with E-state index in [9.17, 15) is 4.79 Å². The van der Waals surface area contributed by atoms with E-state index in [1.54, 1.807) is 26.4 Å². The van der Waals surface area contributed by atoms with Gasteiger partial charge in [0.05, 0.1) is 26.8 Å². The average Bonchev–Trinajstić information content (AvgIpc) is 2.66. The van der Waals surface area contributed by atoms with Gasteiger partial charge in [0, 0.05) is 22.0 Å². The molecule has 28 heavy (non-hydrogen) atoms. The van der Waals surface area contributed by atoms with E-state index in [-0.39, 0.29) is 11.9 Å². The van der Waals surface area contributed by atoms with Crippen molar-refractivity contribution in [3.8, 4) is 11.5 Å². The first-order valence-electron chi connectivity index (χ1n) is 9.23. The summed E-state index contributed by atoms with van der Waals surface area (Å²) >= 11 is 12.2. The average molecular weight is 424 g/mol. The molecule has 5 nitrogen and oxygen atoms in total. The Bertz CT molecular complexity index is 873. The Morgan fingerprint density at radius 2 is 1.82 bits per heavy atom. The van der Waals surface area contributed by atoms with Crippen molar-refractivity contribution >= 4 is 29.1 Å². The van der Waals surface area contributed by atoms with Crippen LogP contribution in [0.15, 0.2) is 30.3 Å². The highest BCUT2D eigenvalue weighted by Crippen LogP contribution is 2.31. The van der Waals surface area contributed by atoms with Crippen molar-refractivity contribution in [3.05, 3.63) is 57.1 Å². The van der Waals surface area contributed by atoms with Crippen LogP contribution in [0.3, 0.4) is 0 Å². The molecule has 0 fully saturated rings. The van der Waals surface area contributed by atoms with Crippen molar-refractivity contribution in [1.29, 1.82) is 0 Å². The first-order chi connectivity index (χ1) is 13.4. The van der Waals surface area contributed by atoms with E-state index in [1.807, 2.05) is 25.1 Å². The minimum atomic E-state index is -0.182. The molecule has 2 aromatic carbocycles. The summed E-state index contributed by atoms with van der Waals surface area (Å²) in [6, 6.07) is 9.18. The van der Waals surface area contributed by atoms with Gasteiger partial charge in [-0.1, -0.05) is 29.3 Å². The summed E-state index contributed by atoms with van der Waals surface area (Å²) in [6.45, 7) is 4.00. The van der Waals surface area contributed by atoms with Crippen molar-refractivity contribution in [1.82, 2.24) is 5.32 Å². The van der Waals surface area contributed by atoms with Crippen LogP contribution in [0, 0.1) is 0 Å². The van der Waals surface area contributed by atoms with E-state index in [0.29, 0.717) is 16.6 Å². The molecular weight excluding hydrogens is 399 g/mol. The lowest BCUT2D eigenvalue weighted by Crippen LogP contribution is -3.12. The molecular formula is C21H25Cl2N2O3+. The minimum Gasteiger partial charge on any atom is -0.493 e. The van der Waals surface area contributed by atoms with Gasteiger partial charge in [0.1, 0.15) is 6.54 Å². The normalized spacial score (nSPS) is 16.8. The molecule has 0 bridgehead atoms. The third-order valence-electron chi connectivity index (χ3n) is 5.11. The summed E-state index contributed by atoms with van der Waals surface area (Å²) < 4.78 is 10.8. The number of amides is 1. The van der Waals surface area contributed by atoms with Gasteiger partial charge in [0.15, 0.2) is 18.0 Å². The number of benzene rings is 2. The Morgan fingerprint density at radius 1 is 1.14 bits per heavy atom. The number of quaternary nitrogens is 1. The Balaban J connectivity index is 1.62. The second kappa shape index (κ2) is 9.03. The van der Waals surface area contributed by atoms with Crippen LogP contribution < -0.4 is 19.7 Å². The smallest absolute Gasteiger partial charge is 0.275 e. The van der Waals surface area contributed by atoms with Crippen LogP contribution in [0.4, 0.5) is 0 Å². The van der Waals surface area contributed by atoms with Gasteiger partial charge in [0.2, 0.25) is 0 Å². The van der Waals surface area contributed by atoms with Gasteiger partial charge < -0.3 is 19.7 Å². The minimum absolute atomic E-state index is 0.00237. The number of hydrogen-bond donors (Lipinski definition) is 2. The van der Waals surface area contributed by atoms with Gasteiger partial charge in [0.25, 0.3) is 5.91 Å². The lowest BCUT2D eigenvalue weighted by Gasteiger charge is -2.27. The van der Waals surface area contributed by atoms with Gasteiger partial charge in [-0.25, -0.2) is 0 Å². The third kappa shape index (κ3) is 4.72. The van der Waals surface area contributed by atoms with Gasteiger partial charge in [-0.3, -0.25) is 4.79 Å². The zero-order valence-corrected chi connectivity index (χ0v) is 17.8. The monoisotopic (exact) mass is 423 g/mol. The predicted octanol–water partition coefficient (Wildman–Crippen LogP) is 2.83. The van der Waals surface area contributed by atoms with Crippen molar-refractivity contribution in [2.45, 2.75) is 25.9 Å². The molecule has 0 saturated carbocycles. The molecule has 3 rings (SSSR count). The van der Waals surface area contributed by atoms with E-state index in [4.69, 9.17) is 32.7 Å². The fourth-order valence-electron chi connectivity index (χ4n) is 3.63. The number of fused-ring (bicyclic) bond motifs is 1. The van der Waals surface area contributed by atoms with Crippen LogP contribution in [0.2, 0.25) is 10.0 Å². The molecule has 1 aliphatic rings. The van der Waals surface area contributed by atoms with E-state index in [0.717, 1.165) is 36.6 Å². The highest BCUT2D eigenvalue weighted by Gasteiger charge is 2.24. The molecule has 2 aromatic rings. The van der Waals surface area contributed by atoms with E-state index in [1.165, 1.54) is 16.0 Å². The first kappa shape index (κ1) is 20.8. The molecule has 1 aliphatic heterocycles. The summed E-state index contributed by atoms with van der Waals surface area (Å²) in [5.74, 6) is 1.46. The molecule has 7 heteroatoms. The number of ether oxygens (including phenoxy) is 2. The van der Waals surface area contributed by atoms with Crippen LogP contribution >= 0.6 is 23.2 Å². The van der Waals surface area contributed by atoms with Crippen LogP contribution in [0.1, 0.15) is 29.7 Å². The molecule has 1 unspecified atom stereocenters. The van der Waals surface area contributed by atoms with Crippen LogP contribution in [0.5, 0.6) is 11.5 Å². The maximum absolute atomic E-state index is 12.6. The number of carbonyl (C=O) groups excluding carboxylic acids is 1. The lowest BCUT2D eigenvalue weighted by atomic mass is 9.98. The first-order valence-corrected chi connectivity index (χ1v) is 9.98. The molecule has 150 valence electrons. The lowest BCUT2D eigenvalue weighted by molar-refractivity contribution is -0.908. The van der Waals surface area contributed by atoms with E-state index < -0.39 is 0 Å². The Hall–Kier alpha value is -1.95. The second-order valence-corrected chi connectivity index (χ2v) is 7.88. The largest absolute Gasteiger partial charge is 0.493 e. The molecule has 0 spiro atoms. The fraction of sp³-hybridized carbons (Fsp3) is 0.381. The highest BCUT2D eigenvalue weighted by molar-refractivity contribution is 6.35. The van der Waals surface area contributed by atoms with Crippen molar-refractivity contribution < 1.29 is 19.2 Å². The van der Waals surface area contributed by atoms with E-state index >= 15 is 0 Å². The summed E-state index contributed by atoms with van der Waals surface area (Å²) in [4.78, 5) is 13.8. The quantitative estimate of drug-likeness (QED) is 0.750. The molecule has 1 amide bonds. The predicted molar refractivity (Wildman–Crippen MR) is 111 cm³/mol. The standard InChI is InChI=1S/C21H24Cl2N2O3/c1-13(17-5-4-16(22)10-18(17)23)24-21(26)12-25-7-6-14-8-19(27-2)20(28-3)9-15(14)11-25/h4-5,8-10,13H,6-7,11-12H2,1-3H3,(H,24,26)/p+1/t13-/m1/s1. The van der Waals surface area contributed by atoms with E-state index in [2.05, 4.69) is 5.32 Å². The van der Waals surface area contributed by atoms with Gasteiger partial charge in [-0.2, -0.15) is 0 Å². The van der Waals surface area contributed by atoms with Gasteiger partial charge >= 0.3 is 0 Å². The third-order valence-corrected chi connectivity index (χ3v) is 5.67. The zero-order valence-electron chi connectivity index (χ0n) is 16.3. The highest BCUT2D eigenvalue weighted by atomic mass is 35.5. The summed E-state index contributed by atoms with van der Waals surface area (Å²) in [6.07, 6.45) is 0.900. The fourth-order valence-corrected chi connectivity index (χ4v) is 4.20. The Kier molecular flexibility index (Phi) is 6.70. The number of nitrogens with one attached hydrogen (secondary N) is 2. The summed E-state index contributed by atoms with van der Waals surface area (Å²) in [7, 11) is 3.28. The van der Waals surface area contributed by atoms with Crippen LogP contribution in [0.25, 0.3) is 0 Å². The molecule has 0 saturated heterocycles. The Labute approximate surface area is 175 Å². The summed E-state index contributed by atoms with van der Waals surface area (Å²) in [5, 5.41) is 4.17. The van der Waals surface area contributed by atoms with Crippen LogP contribution in [-0.2, 0) is 17.8 Å². The second-order valence-electron chi connectivity index (χ2n) is 7.03. The maximum Gasteiger partial charge on any atom is 0.275 e. The zero-order chi connectivity index (χ0) is 20.3. The Morgan fingerprint density at radius 3 is 2.46 bits per heavy atom. The number of methoxy groups -OCH3 is 2. The molecule has 2 N–H and O–H groups in total. The van der Waals surface area contributed by atoms with Crippen LogP contribution in [-0.4, -0.2) is 33.2 Å². The maximum atomic E-state index is 12.6. The van der Waals surface area contributed by atoms with Crippen molar-refractivity contribution in [2.75, 3.05) is 27.3 Å². The molecule has 0 aromatic heterocycles. The topological polar surface area (TPSA) is 52.0 Å². The molecule has 1 heterocycles. The number of hydrogen-bond acceptors (Lipinski definition) is 3. The van der Waals surface area contributed by atoms with Crippen molar-refractivity contribution in [3.63, 3.8) is 0 Å². The molecule has 0 aliphatic carbocycles. The SMILES string of the molecule is COc1cc2c(cc1OC)C[NH+](CC(=O)N[C@H](C)c1ccc(Cl)cc1Cl)CC2.